The number of ether oxygens (including phenoxy) is 2. The summed E-state index contributed by atoms with van der Waals surface area (Å²) in [5.41, 5.74) is 15.0. The molecule has 7 rings (SSSR count). The number of pyridine rings is 1. The third kappa shape index (κ3) is 9.14. The first kappa shape index (κ1) is 39.9. The zero-order valence-corrected chi connectivity index (χ0v) is 33.9. The fourth-order valence-corrected chi connectivity index (χ4v) is 8.25. The summed E-state index contributed by atoms with van der Waals surface area (Å²) in [6.45, 7) is 14.8. The van der Waals surface area contributed by atoms with E-state index in [-0.39, 0.29) is 18.5 Å². The number of piperazine rings is 1. The lowest BCUT2D eigenvalue weighted by Gasteiger charge is -2.31. The number of carbonyl (C=O) groups is 2. The van der Waals surface area contributed by atoms with E-state index in [0.29, 0.717) is 49.9 Å². The van der Waals surface area contributed by atoms with Gasteiger partial charge in [-0.2, -0.15) is 5.10 Å². The van der Waals surface area contributed by atoms with Crippen molar-refractivity contribution in [1.29, 1.82) is 0 Å². The molecule has 2 aliphatic rings. The Morgan fingerprint density at radius 2 is 1.84 bits per heavy atom. The number of benzene rings is 3. The van der Waals surface area contributed by atoms with E-state index in [1.807, 2.05) is 40.9 Å². The first-order chi connectivity index (χ1) is 27.6. The highest BCUT2D eigenvalue weighted by molar-refractivity contribution is 6.00. The Morgan fingerprint density at radius 1 is 1.04 bits per heavy atom. The van der Waals surface area contributed by atoms with Crippen molar-refractivity contribution in [2.45, 2.75) is 85.2 Å². The molecule has 0 saturated carbocycles. The number of rotatable bonds is 14. The number of anilines is 1. The lowest BCUT2D eigenvalue weighted by molar-refractivity contribution is 0.0729. The third-order valence-corrected chi connectivity index (χ3v) is 11.2. The first-order valence-electron chi connectivity index (χ1n) is 20.3. The van der Waals surface area contributed by atoms with Crippen LogP contribution in [0.5, 0.6) is 5.75 Å². The standard InChI is InChI=1S/C45H56N8O4/c1-6-40-39(42(49-36-13-17-57-18-14-36)38-24-48-53(7-2)44(38)50-40)28-52(45(55)35-20-29(3)19-34(23-35)43(46)54)27-32-11-12-41(56-5)37(22-32)33-10-8-9-31(21-33)26-51-16-15-47-30(4)25-51/h8-12,19-24,30,36,47H,6-7,13-18,25-28H2,1-5H3,(H2,46,54)(H,49,50)/t30-/m0/s1. The minimum atomic E-state index is -0.577. The number of nitrogens with two attached hydrogens (primary N) is 1. The molecule has 12 nitrogen and oxygen atoms in total. The normalized spacial score (nSPS) is 16.5. The molecule has 2 fully saturated rings. The van der Waals surface area contributed by atoms with Crippen molar-refractivity contribution in [3.63, 3.8) is 0 Å². The van der Waals surface area contributed by atoms with Crippen LogP contribution in [0.15, 0.2) is 66.9 Å². The zero-order chi connectivity index (χ0) is 40.1. The van der Waals surface area contributed by atoms with Gasteiger partial charge in [-0.05, 0) is 98.7 Å². The van der Waals surface area contributed by atoms with Crippen molar-refractivity contribution >= 4 is 28.5 Å². The second-order valence-corrected chi connectivity index (χ2v) is 15.4. The van der Waals surface area contributed by atoms with Crippen molar-refractivity contribution in [3.8, 4) is 16.9 Å². The van der Waals surface area contributed by atoms with E-state index in [2.05, 4.69) is 66.6 Å². The fraction of sp³-hybridized carbons (Fsp3) is 0.422. The molecule has 2 amide bonds. The second kappa shape index (κ2) is 17.9. The zero-order valence-electron chi connectivity index (χ0n) is 33.9. The fourth-order valence-electron chi connectivity index (χ4n) is 8.25. The molecule has 300 valence electrons. The van der Waals surface area contributed by atoms with Crippen molar-refractivity contribution in [2.75, 3.05) is 45.3 Å². The Bertz CT molecular complexity index is 2230. The molecule has 57 heavy (non-hydrogen) atoms. The number of carbonyl (C=O) groups excluding carboxylic acids is 2. The molecule has 4 N–H and O–H groups in total. The summed E-state index contributed by atoms with van der Waals surface area (Å²) < 4.78 is 13.5. The van der Waals surface area contributed by atoms with Gasteiger partial charge in [-0.3, -0.25) is 14.5 Å². The van der Waals surface area contributed by atoms with Gasteiger partial charge in [-0.25, -0.2) is 9.67 Å². The van der Waals surface area contributed by atoms with Crippen molar-refractivity contribution in [2.24, 2.45) is 5.73 Å². The van der Waals surface area contributed by atoms with Crippen molar-refractivity contribution in [3.05, 3.63) is 106 Å². The van der Waals surface area contributed by atoms with Gasteiger partial charge < -0.3 is 30.7 Å². The van der Waals surface area contributed by atoms with Crippen LogP contribution >= 0.6 is 0 Å². The Balaban J connectivity index is 1.30. The van der Waals surface area contributed by atoms with E-state index in [1.165, 1.54) is 5.56 Å². The molecule has 1 atom stereocenters. The van der Waals surface area contributed by atoms with Crippen molar-refractivity contribution < 1.29 is 19.1 Å². The van der Waals surface area contributed by atoms with E-state index in [1.54, 1.807) is 19.2 Å². The molecule has 0 unspecified atom stereocenters. The quantitative estimate of drug-likeness (QED) is 0.118. The molecular formula is C45H56N8O4. The summed E-state index contributed by atoms with van der Waals surface area (Å²) >= 11 is 0. The average Bonchev–Trinajstić information content (AvgIpc) is 3.64. The van der Waals surface area contributed by atoms with Crippen LogP contribution in [0.25, 0.3) is 22.2 Å². The molecular weight excluding hydrogens is 717 g/mol. The average molecular weight is 773 g/mol. The molecule has 4 heterocycles. The number of amides is 2. The summed E-state index contributed by atoms with van der Waals surface area (Å²) in [6.07, 6.45) is 4.29. The van der Waals surface area contributed by atoms with Crippen LogP contribution in [0.4, 0.5) is 5.69 Å². The van der Waals surface area contributed by atoms with Gasteiger partial charge in [0.1, 0.15) is 5.75 Å². The number of aryl methyl sites for hydroxylation is 3. The summed E-state index contributed by atoms with van der Waals surface area (Å²) in [5.74, 6) is -0.0333. The summed E-state index contributed by atoms with van der Waals surface area (Å²) in [5, 5.41) is 13.0. The maximum atomic E-state index is 14.9. The van der Waals surface area contributed by atoms with E-state index in [4.69, 9.17) is 25.3 Å². The van der Waals surface area contributed by atoms with Crippen LogP contribution in [0.1, 0.15) is 82.3 Å². The topological polar surface area (TPSA) is 140 Å². The highest BCUT2D eigenvalue weighted by Crippen LogP contribution is 2.35. The Kier molecular flexibility index (Phi) is 12.5. The van der Waals surface area contributed by atoms with Gasteiger partial charge in [0.05, 0.1) is 30.9 Å². The van der Waals surface area contributed by atoms with Crippen LogP contribution in [-0.2, 0) is 37.3 Å². The SMILES string of the molecule is CCc1nc2c(cnn2CC)c(NC2CCOCC2)c1CN(Cc1ccc(OC)c(-c2cccc(CN3CCN[C@@H](C)C3)c2)c1)C(=O)c1cc(C)cc(C(N)=O)c1. The molecule has 2 saturated heterocycles. The Morgan fingerprint density at radius 3 is 2.58 bits per heavy atom. The van der Waals surface area contributed by atoms with E-state index in [0.717, 1.165) is 95.0 Å². The number of primary amides is 1. The van der Waals surface area contributed by atoms with Gasteiger partial charge in [0.25, 0.3) is 5.91 Å². The molecule has 12 heteroatoms. The first-order valence-corrected chi connectivity index (χ1v) is 20.3. The molecule has 0 bridgehead atoms. The van der Waals surface area contributed by atoms with E-state index < -0.39 is 5.91 Å². The Labute approximate surface area is 335 Å². The number of nitrogens with zero attached hydrogens (tertiary/aromatic N) is 5. The molecule has 2 aromatic heterocycles. The van der Waals surface area contributed by atoms with Gasteiger partial charge in [-0.1, -0.05) is 31.2 Å². The third-order valence-electron chi connectivity index (χ3n) is 11.2. The molecule has 5 aromatic rings. The Hall–Kier alpha value is -5.30. The molecule has 0 spiro atoms. The number of hydrogen-bond acceptors (Lipinski definition) is 9. The van der Waals surface area contributed by atoms with Gasteiger partial charge in [0, 0.05) is 92.5 Å². The van der Waals surface area contributed by atoms with Gasteiger partial charge >= 0.3 is 0 Å². The van der Waals surface area contributed by atoms with Crippen LogP contribution in [0, 0.1) is 6.92 Å². The predicted octanol–water partition coefficient (Wildman–Crippen LogP) is 6.32. The lowest BCUT2D eigenvalue weighted by atomic mass is 9.98. The van der Waals surface area contributed by atoms with Gasteiger partial charge in [-0.15, -0.1) is 0 Å². The maximum Gasteiger partial charge on any atom is 0.254 e. The summed E-state index contributed by atoms with van der Waals surface area (Å²) in [4.78, 5) is 36.8. The van der Waals surface area contributed by atoms with E-state index in [9.17, 15) is 9.59 Å². The minimum Gasteiger partial charge on any atom is -0.496 e. The second-order valence-electron chi connectivity index (χ2n) is 15.4. The highest BCUT2D eigenvalue weighted by atomic mass is 16.5. The number of methoxy groups -OCH3 is 1. The number of nitrogens with one attached hydrogen (secondary N) is 2. The summed E-state index contributed by atoms with van der Waals surface area (Å²) in [7, 11) is 1.69. The monoisotopic (exact) mass is 772 g/mol. The molecule has 2 aliphatic heterocycles. The smallest absolute Gasteiger partial charge is 0.254 e. The largest absolute Gasteiger partial charge is 0.496 e. The maximum absolute atomic E-state index is 14.9. The van der Waals surface area contributed by atoms with Gasteiger partial charge in [0.2, 0.25) is 5.91 Å². The number of aromatic nitrogens is 3. The predicted molar refractivity (Wildman–Crippen MR) is 224 cm³/mol. The van der Waals surface area contributed by atoms with Crippen molar-refractivity contribution in [1.82, 2.24) is 29.9 Å². The van der Waals surface area contributed by atoms with Crippen LogP contribution in [0.3, 0.4) is 0 Å². The molecule has 3 aromatic carbocycles. The number of hydrogen-bond donors (Lipinski definition) is 3. The molecule has 0 aliphatic carbocycles. The minimum absolute atomic E-state index is 0.201. The van der Waals surface area contributed by atoms with Crippen LogP contribution < -0.4 is 21.1 Å². The lowest BCUT2D eigenvalue weighted by Crippen LogP contribution is -2.48. The van der Waals surface area contributed by atoms with E-state index >= 15 is 0 Å². The van der Waals surface area contributed by atoms with Gasteiger partial charge in [0.15, 0.2) is 5.65 Å². The number of fused-ring (bicyclic) bond motifs is 1. The highest BCUT2D eigenvalue weighted by Gasteiger charge is 2.27. The van der Waals surface area contributed by atoms with Crippen LogP contribution in [-0.4, -0.2) is 88.4 Å². The summed E-state index contributed by atoms with van der Waals surface area (Å²) in [6, 6.07) is 20.6. The van der Waals surface area contributed by atoms with Crippen LogP contribution in [0.2, 0.25) is 0 Å². The molecule has 0 radical (unpaired) electrons.